The number of hydrogen-bond donors (Lipinski definition) is 2. The van der Waals surface area contributed by atoms with E-state index >= 15 is 0 Å². The van der Waals surface area contributed by atoms with Gasteiger partial charge in [0.05, 0.1) is 22.5 Å². The van der Waals surface area contributed by atoms with Crippen LogP contribution < -0.4 is 9.44 Å². The quantitative estimate of drug-likeness (QED) is 0.550. The van der Waals surface area contributed by atoms with Gasteiger partial charge in [-0.15, -0.1) is 0 Å². The lowest BCUT2D eigenvalue weighted by Crippen LogP contribution is -2.19. The van der Waals surface area contributed by atoms with Gasteiger partial charge in [0.1, 0.15) is 0 Å². The van der Waals surface area contributed by atoms with Crippen molar-refractivity contribution < 1.29 is 16.8 Å². The largest absolute Gasteiger partial charge is 0.283 e. The molecule has 3 aromatic carbocycles. The van der Waals surface area contributed by atoms with E-state index in [1.165, 1.54) is 0 Å². The molecule has 0 aliphatic heterocycles. The van der Waals surface area contributed by atoms with E-state index in [2.05, 4.69) is 9.44 Å². The molecule has 0 unspecified atom stereocenters. The fraction of sp³-hybridized carbons (Fsp3) is 0.217. The van der Waals surface area contributed by atoms with Crippen molar-refractivity contribution in [2.45, 2.75) is 32.1 Å². The van der Waals surface area contributed by atoms with Crippen LogP contribution >= 0.6 is 0 Å². The van der Waals surface area contributed by atoms with Crippen LogP contribution in [0.4, 0.5) is 11.4 Å². The number of hydrogen-bond acceptors (Lipinski definition) is 4. The van der Waals surface area contributed by atoms with Gasteiger partial charge in [0.15, 0.2) is 0 Å². The second kappa shape index (κ2) is 8.72. The van der Waals surface area contributed by atoms with Gasteiger partial charge in [-0.2, -0.15) is 0 Å². The van der Waals surface area contributed by atoms with Gasteiger partial charge < -0.3 is 0 Å². The van der Waals surface area contributed by atoms with Gasteiger partial charge in [-0.1, -0.05) is 54.6 Å². The van der Waals surface area contributed by atoms with Crippen molar-refractivity contribution in [3.8, 4) is 0 Å². The molecule has 3 aromatic rings. The van der Waals surface area contributed by atoms with Crippen LogP contribution in [0.2, 0.25) is 0 Å². The second-order valence-corrected chi connectivity index (χ2v) is 11.0. The maximum atomic E-state index is 13.4. The standard InChI is InChI=1S/C23H26N2O4S2/c1-16-14-17(2)23(18(3)22(16)25-30(4,26)27)31(28,29)24-21-13-9-8-12-20(21)15-19-10-6-5-7-11-19/h5-14,24-25H,15H2,1-4H3. The fourth-order valence-electron chi connectivity index (χ4n) is 3.71. The Morgan fingerprint density at radius 2 is 1.39 bits per heavy atom. The van der Waals surface area contributed by atoms with E-state index in [4.69, 9.17) is 0 Å². The Hall–Kier alpha value is -2.84. The van der Waals surface area contributed by atoms with E-state index in [-0.39, 0.29) is 10.6 Å². The van der Waals surface area contributed by atoms with Gasteiger partial charge in [-0.3, -0.25) is 9.44 Å². The molecule has 0 saturated carbocycles. The molecule has 2 N–H and O–H groups in total. The Labute approximate surface area is 184 Å². The zero-order chi connectivity index (χ0) is 22.8. The molecule has 31 heavy (non-hydrogen) atoms. The van der Waals surface area contributed by atoms with Crippen molar-refractivity contribution in [2.75, 3.05) is 15.7 Å². The Morgan fingerprint density at radius 3 is 2.03 bits per heavy atom. The monoisotopic (exact) mass is 458 g/mol. The SMILES string of the molecule is Cc1cc(C)c(S(=O)(=O)Nc2ccccc2Cc2ccccc2)c(C)c1NS(C)(=O)=O. The molecule has 0 amide bonds. The van der Waals surface area contributed by atoms with Gasteiger partial charge in [0, 0.05) is 0 Å². The summed E-state index contributed by atoms with van der Waals surface area (Å²) in [5.74, 6) is 0. The lowest BCUT2D eigenvalue weighted by atomic mass is 10.0. The van der Waals surface area contributed by atoms with Crippen LogP contribution in [0.5, 0.6) is 0 Å². The smallest absolute Gasteiger partial charge is 0.262 e. The number of nitrogens with one attached hydrogen (secondary N) is 2. The van der Waals surface area contributed by atoms with E-state index in [1.807, 2.05) is 42.5 Å². The zero-order valence-electron chi connectivity index (χ0n) is 17.9. The Morgan fingerprint density at radius 1 is 0.774 bits per heavy atom. The molecule has 0 atom stereocenters. The first-order valence-electron chi connectivity index (χ1n) is 9.71. The fourth-order valence-corrected chi connectivity index (χ4v) is 5.97. The van der Waals surface area contributed by atoms with Gasteiger partial charge in [-0.05, 0) is 61.1 Å². The van der Waals surface area contributed by atoms with E-state index < -0.39 is 20.0 Å². The van der Waals surface area contributed by atoms with Crippen LogP contribution in [0, 0.1) is 20.8 Å². The van der Waals surface area contributed by atoms with Gasteiger partial charge in [0.2, 0.25) is 10.0 Å². The second-order valence-electron chi connectivity index (χ2n) is 7.64. The Kier molecular flexibility index (Phi) is 6.43. The summed E-state index contributed by atoms with van der Waals surface area (Å²) in [4.78, 5) is 0.0683. The van der Waals surface area contributed by atoms with Crippen LogP contribution in [0.25, 0.3) is 0 Å². The highest BCUT2D eigenvalue weighted by molar-refractivity contribution is 7.93. The average molecular weight is 459 g/mol. The van der Waals surface area contributed by atoms with Crippen molar-refractivity contribution in [1.82, 2.24) is 0 Å². The molecule has 0 heterocycles. The minimum Gasteiger partial charge on any atom is -0.283 e. The molecule has 0 aliphatic carbocycles. The van der Waals surface area contributed by atoms with E-state index in [1.54, 1.807) is 39.0 Å². The highest BCUT2D eigenvalue weighted by Gasteiger charge is 2.24. The minimum atomic E-state index is -3.97. The van der Waals surface area contributed by atoms with E-state index in [0.29, 0.717) is 28.8 Å². The van der Waals surface area contributed by atoms with Gasteiger partial charge >= 0.3 is 0 Å². The summed E-state index contributed by atoms with van der Waals surface area (Å²) in [5, 5.41) is 0. The maximum Gasteiger partial charge on any atom is 0.262 e. The number of benzene rings is 3. The Bertz CT molecular complexity index is 1320. The molecule has 0 spiro atoms. The normalized spacial score (nSPS) is 11.9. The van der Waals surface area contributed by atoms with Crippen molar-refractivity contribution in [1.29, 1.82) is 0 Å². The molecular weight excluding hydrogens is 432 g/mol. The molecule has 8 heteroatoms. The number of para-hydroxylation sites is 1. The molecule has 6 nitrogen and oxygen atoms in total. The highest BCUT2D eigenvalue weighted by Crippen LogP contribution is 2.32. The minimum absolute atomic E-state index is 0.0683. The van der Waals surface area contributed by atoms with E-state index in [9.17, 15) is 16.8 Å². The number of anilines is 2. The van der Waals surface area contributed by atoms with Crippen molar-refractivity contribution in [3.63, 3.8) is 0 Å². The lowest BCUT2D eigenvalue weighted by molar-refractivity contribution is 0.599. The molecule has 0 fully saturated rings. The Balaban J connectivity index is 2.04. The summed E-state index contributed by atoms with van der Waals surface area (Å²) in [6.45, 7) is 5.05. The van der Waals surface area contributed by atoms with Crippen LogP contribution in [-0.4, -0.2) is 23.1 Å². The predicted molar refractivity (Wildman–Crippen MR) is 126 cm³/mol. The van der Waals surface area contributed by atoms with Crippen LogP contribution in [0.15, 0.2) is 65.6 Å². The van der Waals surface area contributed by atoms with Crippen LogP contribution in [0.1, 0.15) is 27.8 Å². The summed E-state index contributed by atoms with van der Waals surface area (Å²) >= 11 is 0. The first-order chi connectivity index (χ1) is 14.5. The predicted octanol–water partition coefficient (Wildman–Crippen LogP) is 4.37. The summed E-state index contributed by atoms with van der Waals surface area (Å²) in [6, 6.07) is 18.7. The third-order valence-electron chi connectivity index (χ3n) is 4.96. The van der Waals surface area contributed by atoms with Crippen LogP contribution in [-0.2, 0) is 26.5 Å². The molecule has 0 aromatic heterocycles. The third kappa shape index (κ3) is 5.45. The summed E-state index contributed by atoms with van der Waals surface area (Å²) < 4.78 is 55.5. The lowest BCUT2D eigenvalue weighted by Gasteiger charge is -2.19. The molecule has 0 bridgehead atoms. The first kappa shape index (κ1) is 22.8. The summed E-state index contributed by atoms with van der Waals surface area (Å²) in [6.07, 6.45) is 1.62. The van der Waals surface area contributed by atoms with Gasteiger partial charge in [0.25, 0.3) is 10.0 Å². The van der Waals surface area contributed by atoms with Crippen molar-refractivity contribution in [2.24, 2.45) is 0 Å². The molecular formula is C23H26N2O4S2. The number of sulfonamides is 2. The molecule has 0 radical (unpaired) electrons. The van der Waals surface area contributed by atoms with Crippen molar-refractivity contribution in [3.05, 3.63) is 88.5 Å². The average Bonchev–Trinajstić information content (AvgIpc) is 2.66. The van der Waals surface area contributed by atoms with Crippen LogP contribution in [0.3, 0.4) is 0 Å². The maximum absolute atomic E-state index is 13.4. The number of aryl methyl sites for hydroxylation is 2. The molecule has 164 valence electrons. The molecule has 3 rings (SSSR count). The van der Waals surface area contributed by atoms with E-state index in [0.717, 1.165) is 17.4 Å². The topological polar surface area (TPSA) is 92.3 Å². The van der Waals surface area contributed by atoms with Gasteiger partial charge in [-0.25, -0.2) is 16.8 Å². The summed E-state index contributed by atoms with van der Waals surface area (Å²) in [7, 11) is -7.53. The highest BCUT2D eigenvalue weighted by atomic mass is 32.2. The third-order valence-corrected chi connectivity index (χ3v) is 7.19. The molecule has 0 saturated heterocycles. The number of rotatable bonds is 7. The molecule has 0 aliphatic rings. The zero-order valence-corrected chi connectivity index (χ0v) is 19.6. The summed E-state index contributed by atoms with van der Waals surface area (Å²) in [5.41, 5.74) is 4.24. The first-order valence-corrected chi connectivity index (χ1v) is 13.1. The van der Waals surface area contributed by atoms with Crippen molar-refractivity contribution >= 4 is 31.4 Å².